The van der Waals surface area contributed by atoms with Gasteiger partial charge in [-0.05, 0) is 43.5 Å². The molecule has 5 heteroatoms. The fraction of sp³-hybridized carbons (Fsp3) is 0.333. The Bertz CT molecular complexity index is 784. The van der Waals surface area contributed by atoms with Crippen molar-refractivity contribution >= 4 is 15.7 Å². The number of nitrogens with zero attached hydrogens (tertiary/aromatic N) is 1. The minimum absolute atomic E-state index is 0.00980. The summed E-state index contributed by atoms with van der Waals surface area (Å²) in [5.41, 5.74) is 2.62. The van der Waals surface area contributed by atoms with Crippen molar-refractivity contribution in [2.75, 3.05) is 17.5 Å². The second-order valence-corrected chi connectivity index (χ2v) is 7.83. The Morgan fingerprint density at radius 2 is 1.83 bits per heavy atom. The van der Waals surface area contributed by atoms with Crippen LogP contribution in [0.15, 0.2) is 53.4 Å². The summed E-state index contributed by atoms with van der Waals surface area (Å²) < 4.78 is 27.6. The van der Waals surface area contributed by atoms with E-state index in [1.807, 2.05) is 43.3 Å². The third-order valence-electron chi connectivity index (χ3n) is 4.39. The van der Waals surface area contributed by atoms with Gasteiger partial charge in [0, 0.05) is 12.5 Å². The summed E-state index contributed by atoms with van der Waals surface area (Å²) in [4.78, 5) is 0.306. The first-order valence-corrected chi connectivity index (χ1v) is 9.27. The number of aliphatic hydroxyl groups is 1. The molecule has 0 spiro atoms. The molecule has 0 saturated carbocycles. The zero-order chi connectivity index (χ0) is 16.4. The number of fused-ring (bicyclic) bond motifs is 1. The summed E-state index contributed by atoms with van der Waals surface area (Å²) in [6.45, 7) is 2.41. The van der Waals surface area contributed by atoms with Gasteiger partial charge in [-0.25, -0.2) is 8.42 Å². The molecule has 4 nitrogen and oxygen atoms in total. The molecule has 0 amide bonds. The smallest absolute Gasteiger partial charge is 0.264 e. The topological polar surface area (TPSA) is 57.6 Å². The van der Waals surface area contributed by atoms with E-state index in [9.17, 15) is 13.5 Å². The first kappa shape index (κ1) is 16.0. The monoisotopic (exact) mass is 331 g/mol. The highest BCUT2D eigenvalue weighted by Crippen LogP contribution is 2.36. The molecule has 0 bridgehead atoms. The van der Waals surface area contributed by atoms with E-state index in [-0.39, 0.29) is 12.5 Å². The van der Waals surface area contributed by atoms with Crippen LogP contribution in [0.4, 0.5) is 5.69 Å². The van der Waals surface area contributed by atoms with Crippen molar-refractivity contribution in [1.29, 1.82) is 0 Å². The van der Waals surface area contributed by atoms with Gasteiger partial charge in [0.1, 0.15) is 0 Å². The van der Waals surface area contributed by atoms with Crippen LogP contribution in [0.25, 0.3) is 0 Å². The number of hydrogen-bond donors (Lipinski definition) is 1. The molecule has 1 heterocycles. The van der Waals surface area contributed by atoms with Crippen molar-refractivity contribution in [2.45, 2.75) is 30.6 Å². The van der Waals surface area contributed by atoms with Crippen molar-refractivity contribution in [2.24, 2.45) is 0 Å². The molecule has 0 saturated heterocycles. The average molecular weight is 331 g/mol. The van der Waals surface area contributed by atoms with Crippen LogP contribution >= 0.6 is 0 Å². The molecule has 1 aliphatic heterocycles. The van der Waals surface area contributed by atoms with Crippen LogP contribution in [0.1, 0.15) is 29.9 Å². The second-order valence-electron chi connectivity index (χ2n) is 5.97. The summed E-state index contributed by atoms with van der Waals surface area (Å²) >= 11 is 0. The minimum Gasteiger partial charge on any atom is -0.396 e. The fourth-order valence-electron chi connectivity index (χ4n) is 3.09. The predicted octanol–water partition coefficient (Wildman–Crippen LogP) is 3.06. The van der Waals surface area contributed by atoms with Gasteiger partial charge in [0.05, 0.1) is 17.2 Å². The van der Waals surface area contributed by atoms with Gasteiger partial charge in [-0.15, -0.1) is 0 Å². The summed E-state index contributed by atoms with van der Waals surface area (Å²) in [6.07, 6.45) is 1.51. The molecule has 1 unspecified atom stereocenters. The van der Waals surface area contributed by atoms with E-state index in [1.165, 1.54) is 4.31 Å². The van der Waals surface area contributed by atoms with E-state index in [4.69, 9.17) is 0 Å². The molecule has 2 aromatic rings. The van der Waals surface area contributed by atoms with E-state index >= 15 is 0 Å². The van der Waals surface area contributed by atoms with Crippen molar-refractivity contribution in [3.8, 4) is 0 Å². The lowest BCUT2D eigenvalue weighted by molar-refractivity contribution is 0.259. The molecule has 122 valence electrons. The molecule has 2 aromatic carbocycles. The summed E-state index contributed by atoms with van der Waals surface area (Å²) in [5.74, 6) is -0.00980. The molecule has 0 aromatic heterocycles. The van der Waals surface area contributed by atoms with E-state index in [1.54, 1.807) is 12.1 Å². The average Bonchev–Trinajstić information content (AvgIpc) is 2.75. The highest BCUT2D eigenvalue weighted by atomic mass is 32.2. The first-order valence-electron chi connectivity index (χ1n) is 7.83. The number of aryl methyl sites for hydroxylation is 1. The highest BCUT2D eigenvalue weighted by molar-refractivity contribution is 7.92. The molecule has 1 aliphatic rings. The number of para-hydroxylation sites is 1. The number of hydrogen-bond acceptors (Lipinski definition) is 3. The van der Waals surface area contributed by atoms with Crippen LogP contribution in [0.2, 0.25) is 0 Å². The van der Waals surface area contributed by atoms with Gasteiger partial charge in [-0.2, -0.15) is 0 Å². The van der Waals surface area contributed by atoms with Gasteiger partial charge >= 0.3 is 0 Å². The zero-order valence-corrected chi connectivity index (χ0v) is 14.0. The van der Waals surface area contributed by atoms with Crippen LogP contribution in [-0.2, 0) is 10.0 Å². The summed E-state index contributed by atoms with van der Waals surface area (Å²) in [6, 6.07) is 14.4. The van der Waals surface area contributed by atoms with Crippen molar-refractivity contribution in [3.05, 3.63) is 59.7 Å². The maximum atomic E-state index is 13.1. The quantitative estimate of drug-likeness (QED) is 0.940. The van der Waals surface area contributed by atoms with Crippen molar-refractivity contribution in [1.82, 2.24) is 0 Å². The van der Waals surface area contributed by atoms with Gasteiger partial charge in [0.2, 0.25) is 0 Å². The number of anilines is 1. The standard InChI is InChI=1S/C18H21NO3S/c1-14-8-10-16(11-9-14)23(21,22)19-12-4-5-15(13-20)17-6-2-3-7-18(17)19/h2-3,6-11,15,20H,4-5,12-13H2,1H3. The molecule has 1 atom stereocenters. The number of benzene rings is 2. The van der Waals surface area contributed by atoms with Gasteiger partial charge in [-0.3, -0.25) is 4.31 Å². The minimum atomic E-state index is -3.60. The van der Waals surface area contributed by atoms with Gasteiger partial charge in [0.15, 0.2) is 0 Å². The van der Waals surface area contributed by atoms with E-state index in [0.29, 0.717) is 17.1 Å². The molecule has 3 rings (SSSR count). The Morgan fingerprint density at radius 1 is 1.13 bits per heavy atom. The maximum Gasteiger partial charge on any atom is 0.264 e. The van der Waals surface area contributed by atoms with Crippen LogP contribution in [-0.4, -0.2) is 26.7 Å². The molecule has 0 fully saturated rings. The van der Waals surface area contributed by atoms with Crippen molar-refractivity contribution < 1.29 is 13.5 Å². The molecule has 0 aliphatic carbocycles. The van der Waals surface area contributed by atoms with Gasteiger partial charge < -0.3 is 5.11 Å². The SMILES string of the molecule is Cc1ccc(S(=O)(=O)N2CCCC(CO)c3ccccc32)cc1. The number of rotatable bonds is 3. The van der Waals surface area contributed by atoms with Crippen LogP contribution in [0.5, 0.6) is 0 Å². The zero-order valence-electron chi connectivity index (χ0n) is 13.1. The number of sulfonamides is 1. The normalized spacial score (nSPS) is 18.3. The first-order chi connectivity index (χ1) is 11.0. The lowest BCUT2D eigenvalue weighted by Gasteiger charge is -2.25. The Hall–Kier alpha value is -1.85. The summed E-state index contributed by atoms with van der Waals surface area (Å²) in [7, 11) is -3.60. The van der Waals surface area contributed by atoms with Gasteiger partial charge in [-0.1, -0.05) is 35.9 Å². The Morgan fingerprint density at radius 3 is 2.52 bits per heavy atom. The summed E-state index contributed by atoms with van der Waals surface area (Å²) in [5, 5.41) is 9.63. The lowest BCUT2D eigenvalue weighted by atomic mass is 9.95. The predicted molar refractivity (Wildman–Crippen MR) is 91.2 cm³/mol. The highest BCUT2D eigenvalue weighted by Gasteiger charge is 2.30. The van der Waals surface area contributed by atoms with E-state index in [2.05, 4.69) is 0 Å². The Labute approximate surface area is 137 Å². The third-order valence-corrected chi connectivity index (χ3v) is 6.22. The Kier molecular flexibility index (Phi) is 4.41. The van der Waals surface area contributed by atoms with E-state index in [0.717, 1.165) is 24.0 Å². The third kappa shape index (κ3) is 2.99. The fourth-order valence-corrected chi connectivity index (χ4v) is 4.62. The van der Waals surface area contributed by atoms with E-state index < -0.39 is 10.0 Å². The molecule has 23 heavy (non-hydrogen) atoms. The van der Waals surface area contributed by atoms with Crippen LogP contribution in [0, 0.1) is 6.92 Å². The van der Waals surface area contributed by atoms with Crippen molar-refractivity contribution in [3.63, 3.8) is 0 Å². The lowest BCUT2D eigenvalue weighted by Crippen LogP contribution is -2.31. The Balaban J connectivity index is 2.09. The second kappa shape index (κ2) is 6.34. The molecule has 1 N–H and O–H groups in total. The largest absolute Gasteiger partial charge is 0.396 e. The maximum absolute atomic E-state index is 13.1. The van der Waals surface area contributed by atoms with Gasteiger partial charge in [0.25, 0.3) is 10.0 Å². The molecular formula is C18H21NO3S. The molecular weight excluding hydrogens is 310 g/mol. The van der Waals surface area contributed by atoms with Crippen LogP contribution < -0.4 is 4.31 Å². The number of aliphatic hydroxyl groups excluding tert-OH is 1. The van der Waals surface area contributed by atoms with Crippen LogP contribution in [0.3, 0.4) is 0 Å². The molecule has 0 radical (unpaired) electrons.